The highest BCUT2D eigenvalue weighted by atomic mass is 35.5. The zero-order valence-electron chi connectivity index (χ0n) is 44.5. The van der Waals surface area contributed by atoms with E-state index < -0.39 is 11.7 Å². The van der Waals surface area contributed by atoms with E-state index in [1.807, 2.05) is 50.2 Å². The number of hydrogen-bond acceptors (Lipinski definition) is 13. The third-order valence-electron chi connectivity index (χ3n) is 15.7. The molecule has 0 amide bonds. The van der Waals surface area contributed by atoms with Gasteiger partial charge in [-0.15, -0.1) is 0 Å². The number of aromatic nitrogens is 4. The number of fused-ring (bicyclic) bond motifs is 2. The van der Waals surface area contributed by atoms with Gasteiger partial charge >= 0.3 is 6.18 Å². The molecule has 4 aliphatic heterocycles. The van der Waals surface area contributed by atoms with Gasteiger partial charge in [0.1, 0.15) is 35.7 Å². The third-order valence-corrected chi connectivity index (χ3v) is 16.7. The van der Waals surface area contributed by atoms with Crippen LogP contribution in [0.5, 0.6) is 34.8 Å². The fourth-order valence-corrected chi connectivity index (χ4v) is 11.3. The SMILES string of the molecule is Cc1cc2c(Oc3ccc(CCCc4ccc(Cl)c(C(F)(F)F)c4)c(Cl)c3)ncnc2cc1OCCCN1CCC2(CC1)COC2.Cc1cc2c(Oc3ccc(N)c(Cl)c3)ncnc2cc1OCCCN1CCC2(CC1)COC2. The Labute approximate surface area is 473 Å². The van der Waals surface area contributed by atoms with Crippen LogP contribution in [-0.4, -0.2) is 109 Å². The van der Waals surface area contributed by atoms with Gasteiger partial charge in [0.05, 0.1) is 82.7 Å². The smallest absolute Gasteiger partial charge is 0.417 e. The lowest BCUT2D eigenvalue weighted by atomic mass is 9.77. The summed E-state index contributed by atoms with van der Waals surface area (Å²) in [4.78, 5) is 22.6. The van der Waals surface area contributed by atoms with Crippen molar-refractivity contribution in [3.8, 4) is 34.8 Å². The normalized spacial score (nSPS) is 17.0. The number of nitrogens with two attached hydrogens (primary N) is 1. The number of nitrogens with zero attached hydrogens (tertiary/aromatic N) is 6. The van der Waals surface area contributed by atoms with Gasteiger partial charge in [-0.2, -0.15) is 13.2 Å². The molecule has 79 heavy (non-hydrogen) atoms. The molecule has 0 atom stereocenters. The quantitative estimate of drug-likeness (QED) is 0.0645. The first-order chi connectivity index (χ1) is 38.1. The predicted molar refractivity (Wildman–Crippen MR) is 303 cm³/mol. The second-order valence-electron chi connectivity index (χ2n) is 21.5. The number of alkyl halides is 3. The van der Waals surface area contributed by atoms with Crippen LogP contribution in [0.1, 0.15) is 72.8 Å². The van der Waals surface area contributed by atoms with E-state index >= 15 is 0 Å². The Morgan fingerprint density at radius 2 is 1.09 bits per heavy atom. The molecule has 4 aliphatic rings. The molecule has 0 aliphatic carbocycles. The minimum Gasteiger partial charge on any atom is -0.493 e. The van der Waals surface area contributed by atoms with E-state index in [0.29, 0.717) is 93.4 Å². The number of rotatable bonds is 18. The van der Waals surface area contributed by atoms with Gasteiger partial charge in [0.25, 0.3) is 0 Å². The third kappa shape index (κ3) is 14.1. The van der Waals surface area contributed by atoms with Crippen LogP contribution in [0.25, 0.3) is 21.8 Å². The van der Waals surface area contributed by atoms with E-state index in [1.54, 1.807) is 30.3 Å². The van der Waals surface area contributed by atoms with E-state index in [1.165, 1.54) is 44.4 Å². The molecule has 0 radical (unpaired) electrons. The average Bonchev–Trinajstić information content (AvgIpc) is 3.42. The summed E-state index contributed by atoms with van der Waals surface area (Å²) in [6.45, 7) is 15.8. The van der Waals surface area contributed by atoms with Crippen molar-refractivity contribution in [1.29, 1.82) is 0 Å². The minimum absolute atomic E-state index is 0.299. The Balaban J connectivity index is 0.000000188. The fourth-order valence-electron chi connectivity index (χ4n) is 10.6. The number of hydrogen-bond donors (Lipinski definition) is 1. The van der Waals surface area contributed by atoms with Gasteiger partial charge in [0.15, 0.2) is 0 Å². The molecular formula is C60H65Cl3F3N7O6. The number of benzene rings is 5. The second kappa shape index (κ2) is 25.0. The zero-order chi connectivity index (χ0) is 55.2. The van der Waals surface area contributed by atoms with Crippen molar-refractivity contribution in [3.05, 3.63) is 134 Å². The highest BCUT2D eigenvalue weighted by molar-refractivity contribution is 6.33. The van der Waals surface area contributed by atoms with Gasteiger partial charge < -0.3 is 44.0 Å². The van der Waals surface area contributed by atoms with E-state index in [-0.39, 0.29) is 5.02 Å². The highest BCUT2D eigenvalue weighted by Crippen LogP contribution is 2.41. The zero-order valence-corrected chi connectivity index (χ0v) is 46.8. The molecule has 19 heteroatoms. The Bertz CT molecular complexity index is 3250. The first-order valence-corrected chi connectivity index (χ1v) is 28.1. The van der Waals surface area contributed by atoms with Gasteiger partial charge in [-0.1, -0.05) is 46.9 Å². The Kier molecular flexibility index (Phi) is 17.9. The Morgan fingerprint density at radius 1 is 0.582 bits per heavy atom. The van der Waals surface area contributed by atoms with Crippen LogP contribution >= 0.6 is 34.8 Å². The number of nitrogen functional groups attached to an aromatic ring is 1. The molecule has 4 fully saturated rings. The van der Waals surface area contributed by atoms with E-state index in [0.717, 1.165) is 129 Å². The number of anilines is 1. The minimum atomic E-state index is -4.49. The summed E-state index contributed by atoms with van der Waals surface area (Å²) in [5.74, 6) is 3.60. The summed E-state index contributed by atoms with van der Waals surface area (Å²) in [6, 6.07) is 22.4. The molecule has 4 saturated heterocycles. The maximum atomic E-state index is 13.2. The van der Waals surface area contributed by atoms with Crippen molar-refractivity contribution in [3.63, 3.8) is 0 Å². The molecule has 11 rings (SSSR count). The van der Waals surface area contributed by atoms with Crippen LogP contribution in [-0.2, 0) is 28.5 Å². The topological polar surface area (TPSA) is 139 Å². The number of piperidine rings is 2. The van der Waals surface area contributed by atoms with Gasteiger partial charge in [-0.25, -0.2) is 19.9 Å². The molecule has 6 heterocycles. The molecule has 0 saturated carbocycles. The summed E-state index contributed by atoms with van der Waals surface area (Å²) in [7, 11) is 0. The molecule has 0 unspecified atom stereocenters. The van der Waals surface area contributed by atoms with Crippen LogP contribution in [0, 0.1) is 24.7 Å². The van der Waals surface area contributed by atoms with E-state index in [9.17, 15) is 13.2 Å². The van der Waals surface area contributed by atoms with Crippen molar-refractivity contribution in [1.82, 2.24) is 29.7 Å². The Hall–Kier alpha value is -5.72. The van der Waals surface area contributed by atoms with Gasteiger partial charge in [0, 0.05) is 47.1 Å². The standard InChI is InChI=1S/C35H36Cl2F3N3O3.C25H29ClN4O3/c1-23-16-27-31(19-32(23)45-15-3-12-43-13-10-34(11-14-43)20-44-21-34)41-22-42-33(27)46-26-8-7-25(30(37)18-26)5-2-4-24-6-9-29(36)28(17-24)35(38,39)40;1-17-11-19-22(28-16-29-24(19)33-18-3-4-21(27)20(26)12-18)13-23(17)32-10-2-7-30-8-5-25(6-9-30)14-31-15-25/h6-9,16-19,22H,2-5,10-15,20-21H2,1H3;3-4,11-13,16H,2,5-10,14-15,27H2,1H3. The number of ether oxygens (including phenoxy) is 6. The van der Waals surface area contributed by atoms with Crippen molar-refractivity contribution >= 4 is 62.3 Å². The predicted octanol–water partition coefficient (Wildman–Crippen LogP) is 14.0. The molecule has 418 valence electrons. The van der Waals surface area contributed by atoms with Crippen LogP contribution in [0.4, 0.5) is 18.9 Å². The van der Waals surface area contributed by atoms with Crippen molar-refractivity contribution in [2.75, 3.05) is 84.6 Å². The molecular weight excluding hydrogens is 1080 g/mol. The monoisotopic (exact) mass is 1140 g/mol. The maximum absolute atomic E-state index is 13.2. The van der Waals surface area contributed by atoms with Crippen molar-refractivity contribution in [2.45, 2.75) is 77.8 Å². The number of aryl methyl sites for hydroxylation is 4. The lowest BCUT2D eigenvalue weighted by molar-refractivity contribution is -0.139. The number of likely N-dealkylation sites (tertiary alicyclic amines) is 2. The maximum Gasteiger partial charge on any atom is 0.417 e. The van der Waals surface area contributed by atoms with Crippen molar-refractivity contribution in [2.24, 2.45) is 10.8 Å². The first kappa shape index (κ1) is 56.6. The largest absolute Gasteiger partial charge is 0.493 e. The second-order valence-corrected chi connectivity index (χ2v) is 22.7. The van der Waals surface area contributed by atoms with Crippen LogP contribution < -0.4 is 24.7 Å². The lowest BCUT2D eigenvalue weighted by Gasteiger charge is -2.47. The van der Waals surface area contributed by atoms with Crippen LogP contribution in [0.3, 0.4) is 0 Å². The van der Waals surface area contributed by atoms with Crippen LogP contribution in [0.15, 0.2) is 91.5 Å². The summed E-state index contributed by atoms with van der Waals surface area (Å²) in [5, 5.41) is 2.23. The van der Waals surface area contributed by atoms with Gasteiger partial charge in [0.2, 0.25) is 11.8 Å². The first-order valence-electron chi connectivity index (χ1n) is 27.0. The highest BCUT2D eigenvalue weighted by Gasteiger charge is 2.42. The molecule has 13 nitrogen and oxygen atoms in total. The van der Waals surface area contributed by atoms with E-state index in [4.69, 9.17) is 69.0 Å². The molecule has 5 aromatic carbocycles. The summed E-state index contributed by atoms with van der Waals surface area (Å²) in [5.41, 5.74) is 11.3. The van der Waals surface area contributed by atoms with Gasteiger partial charge in [-0.05, 0) is 169 Å². The Morgan fingerprint density at radius 3 is 1.56 bits per heavy atom. The average molecular weight is 1140 g/mol. The van der Waals surface area contributed by atoms with E-state index in [2.05, 4.69) is 29.7 Å². The molecule has 2 N–H and O–H groups in total. The molecule has 0 bridgehead atoms. The van der Waals surface area contributed by atoms with Crippen LogP contribution in [0.2, 0.25) is 15.1 Å². The van der Waals surface area contributed by atoms with Crippen molar-refractivity contribution < 1.29 is 41.6 Å². The summed E-state index contributed by atoms with van der Waals surface area (Å²) < 4.78 is 74.8. The molecule has 2 spiro atoms. The summed E-state index contributed by atoms with van der Waals surface area (Å²) >= 11 is 18.4. The fraction of sp³-hybridized carbons (Fsp3) is 0.433. The number of halogens is 6. The molecule has 2 aromatic heterocycles. The lowest BCUT2D eigenvalue weighted by Crippen LogP contribution is -2.51. The van der Waals surface area contributed by atoms with Gasteiger partial charge in [-0.3, -0.25) is 0 Å². The molecule has 7 aromatic rings. The summed E-state index contributed by atoms with van der Waals surface area (Å²) in [6.07, 6.45) is 7.05.